The number of anilines is 2. The van der Waals surface area contributed by atoms with E-state index in [4.69, 9.17) is 5.73 Å². The molecule has 1 aliphatic rings. The number of aryl methyl sites for hydroxylation is 1. The lowest BCUT2D eigenvalue weighted by molar-refractivity contribution is 0.0879. The zero-order valence-electron chi connectivity index (χ0n) is 15.4. The lowest BCUT2D eigenvalue weighted by Gasteiger charge is -2.17. The summed E-state index contributed by atoms with van der Waals surface area (Å²) in [7, 11) is 0. The van der Waals surface area contributed by atoms with Gasteiger partial charge >= 0.3 is 0 Å². The van der Waals surface area contributed by atoms with Crippen molar-refractivity contribution < 1.29 is 14.4 Å². The summed E-state index contributed by atoms with van der Waals surface area (Å²) in [5, 5.41) is 4.90. The van der Waals surface area contributed by atoms with Crippen LogP contribution in [-0.2, 0) is 0 Å². The number of nitrogens with two attached hydrogens (primary N) is 1. The second kappa shape index (κ2) is 6.75. The number of hydrogen-bond acceptors (Lipinski definition) is 5. The number of nitrogens with one attached hydrogen (secondary N) is 2. The van der Waals surface area contributed by atoms with Crippen molar-refractivity contribution in [3.05, 3.63) is 87.2 Å². The minimum absolute atomic E-state index is 0.0588. The van der Waals surface area contributed by atoms with E-state index in [1.165, 1.54) is 0 Å². The highest BCUT2D eigenvalue weighted by Gasteiger charge is 2.32. The number of nitrogens with zero attached hydrogens (tertiary/aromatic N) is 1. The van der Waals surface area contributed by atoms with Gasteiger partial charge in [0.2, 0.25) is 0 Å². The maximum atomic E-state index is 12.8. The average molecular weight is 388 g/mol. The highest BCUT2D eigenvalue weighted by atomic mass is 16.2. The maximum absolute atomic E-state index is 12.8. The monoisotopic (exact) mass is 388 g/mol. The minimum Gasteiger partial charge on any atom is -0.384 e. The summed E-state index contributed by atoms with van der Waals surface area (Å²) in [6, 6.07) is 14.8. The van der Waals surface area contributed by atoms with Crippen molar-refractivity contribution in [2.24, 2.45) is 0 Å². The smallest absolute Gasteiger partial charge is 0.262 e. The van der Waals surface area contributed by atoms with Crippen molar-refractivity contribution in [1.29, 1.82) is 0 Å². The van der Waals surface area contributed by atoms with Crippen LogP contribution in [0.25, 0.3) is 5.69 Å². The number of fused-ring (bicyclic) bond motifs is 1. The molecule has 0 fully saturated rings. The van der Waals surface area contributed by atoms with Crippen LogP contribution in [0, 0.1) is 6.92 Å². The molecule has 0 aliphatic carbocycles. The first-order valence-electron chi connectivity index (χ1n) is 8.75. The molecule has 0 saturated carbocycles. The summed E-state index contributed by atoms with van der Waals surface area (Å²) < 4.78 is 1.12. The third kappa shape index (κ3) is 3.06. The predicted molar refractivity (Wildman–Crippen MR) is 107 cm³/mol. The number of carbonyl (C=O) groups is 3. The van der Waals surface area contributed by atoms with Gasteiger partial charge in [0, 0.05) is 11.6 Å². The average Bonchev–Trinajstić information content (AvgIpc) is 2.98. The van der Waals surface area contributed by atoms with Crippen molar-refractivity contribution in [2.75, 3.05) is 11.1 Å². The number of nitrogen functional groups attached to an aromatic ring is 1. The van der Waals surface area contributed by atoms with E-state index in [0.29, 0.717) is 16.9 Å². The fourth-order valence-corrected chi connectivity index (χ4v) is 3.24. The lowest BCUT2D eigenvalue weighted by atomic mass is 10.1. The SMILES string of the molecule is Cc1ccc(NC(=O)c2ccccc2)c(-n2c(N)c3c(cc2=O)C(=O)NC3=O)c1. The Morgan fingerprint density at radius 1 is 1.00 bits per heavy atom. The van der Waals surface area contributed by atoms with E-state index < -0.39 is 17.4 Å². The summed E-state index contributed by atoms with van der Waals surface area (Å²) in [5.74, 6) is -1.87. The molecule has 0 bridgehead atoms. The number of carbonyl (C=O) groups excluding carboxylic acids is 3. The standard InChI is InChI=1S/C21H16N4O4/c1-11-7-8-14(23-19(27)12-5-3-2-4-6-12)15(9-11)25-16(26)10-13-17(18(25)22)21(29)24-20(13)28/h2-10H,22H2,1H3,(H,23,27)(H,24,28,29). The molecule has 0 saturated heterocycles. The Morgan fingerprint density at radius 2 is 1.72 bits per heavy atom. The summed E-state index contributed by atoms with van der Waals surface area (Å²) in [5.41, 5.74) is 7.30. The van der Waals surface area contributed by atoms with Crippen molar-refractivity contribution in [3.63, 3.8) is 0 Å². The van der Waals surface area contributed by atoms with Gasteiger partial charge in [-0.2, -0.15) is 0 Å². The van der Waals surface area contributed by atoms with Gasteiger partial charge in [-0.3, -0.25) is 29.1 Å². The van der Waals surface area contributed by atoms with Crippen LogP contribution in [0.1, 0.15) is 36.6 Å². The second-order valence-electron chi connectivity index (χ2n) is 6.62. The van der Waals surface area contributed by atoms with Crippen LogP contribution in [0.2, 0.25) is 0 Å². The molecule has 29 heavy (non-hydrogen) atoms. The Balaban J connectivity index is 1.87. The minimum atomic E-state index is -0.668. The van der Waals surface area contributed by atoms with E-state index in [2.05, 4.69) is 10.6 Å². The van der Waals surface area contributed by atoms with Gasteiger partial charge < -0.3 is 11.1 Å². The zero-order valence-corrected chi connectivity index (χ0v) is 15.4. The predicted octanol–water partition coefficient (Wildman–Crippen LogP) is 1.86. The van der Waals surface area contributed by atoms with Crippen LogP contribution < -0.4 is 21.9 Å². The molecule has 1 aromatic heterocycles. The molecule has 2 aromatic carbocycles. The largest absolute Gasteiger partial charge is 0.384 e. The van der Waals surface area contributed by atoms with E-state index in [1.54, 1.807) is 48.5 Å². The maximum Gasteiger partial charge on any atom is 0.262 e. The van der Waals surface area contributed by atoms with E-state index in [9.17, 15) is 19.2 Å². The Bertz CT molecular complexity index is 1250. The fourth-order valence-electron chi connectivity index (χ4n) is 3.24. The molecule has 4 rings (SSSR count). The molecule has 2 heterocycles. The van der Waals surface area contributed by atoms with Crippen LogP contribution >= 0.6 is 0 Å². The highest BCUT2D eigenvalue weighted by molar-refractivity contribution is 6.23. The van der Waals surface area contributed by atoms with Gasteiger partial charge in [0.15, 0.2) is 0 Å². The summed E-state index contributed by atoms with van der Waals surface area (Å²) in [6.45, 7) is 1.82. The molecule has 3 amide bonds. The molecule has 144 valence electrons. The van der Waals surface area contributed by atoms with Crippen molar-refractivity contribution in [3.8, 4) is 5.69 Å². The Morgan fingerprint density at radius 3 is 2.45 bits per heavy atom. The number of amides is 3. The number of hydrogen-bond donors (Lipinski definition) is 3. The lowest BCUT2D eigenvalue weighted by Crippen LogP contribution is -2.25. The molecule has 8 heteroatoms. The summed E-state index contributed by atoms with van der Waals surface area (Å²) in [4.78, 5) is 49.3. The highest BCUT2D eigenvalue weighted by Crippen LogP contribution is 2.27. The first kappa shape index (κ1) is 18.2. The van der Waals surface area contributed by atoms with Crippen LogP contribution in [0.4, 0.5) is 11.5 Å². The van der Waals surface area contributed by atoms with E-state index >= 15 is 0 Å². The molecule has 0 atom stereocenters. The Hall–Kier alpha value is -4.20. The Labute approximate surface area is 165 Å². The molecule has 0 spiro atoms. The van der Waals surface area contributed by atoms with Crippen molar-refractivity contribution in [2.45, 2.75) is 6.92 Å². The zero-order chi connectivity index (χ0) is 20.7. The quantitative estimate of drug-likeness (QED) is 0.591. The molecule has 8 nitrogen and oxygen atoms in total. The molecule has 0 radical (unpaired) electrons. The van der Waals surface area contributed by atoms with Crippen LogP contribution in [0.3, 0.4) is 0 Å². The van der Waals surface area contributed by atoms with Crippen LogP contribution in [-0.4, -0.2) is 22.3 Å². The van der Waals surface area contributed by atoms with Gasteiger partial charge in [0.05, 0.1) is 22.5 Å². The summed E-state index contributed by atoms with van der Waals surface area (Å²) in [6.07, 6.45) is 0. The fraction of sp³-hybridized carbons (Fsp3) is 0.0476. The normalized spacial score (nSPS) is 12.4. The van der Waals surface area contributed by atoms with Gasteiger partial charge in [0.1, 0.15) is 5.82 Å². The number of aromatic nitrogens is 1. The molecule has 1 aliphatic heterocycles. The van der Waals surface area contributed by atoms with Crippen LogP contribution in [0.5, 0.6) is 0 Å². The van der Waals surface area contributed by atoms with Gasteiger partial charge in [-0.25, -0.2) is 0 Å². The first-order valence-corrected chi connectivity index (χ1v) is 8.75. The topological polar surface area (TPSA) is 123 Å². The molecule has 0 unspecified atom stereocenters. The van der Waals surface area contributed by atoms with E-state index in [0.717, 1.165) is 16.2 Å². The van der Waals surface area contributed by atoms with Crippen molar-refractivity contribution in [1.82, 2.24) is 9.88 Å². The third-order valence-electron chi connectivity index (χ3n) is 4.63. The first-order chi connectivity index (χ1) is 13.9. The molecular formula is C21H16N4O4. The van der Waals surface area contributed by atoms with E-state index in [1.807, 2.05) is 6.92 Å². The molecule has 3 aromatic rings. The summed E-state index contributed by atoms with van der Waals surface area (Å²) >= 11 is 0. The number of pyridine rings is 1. The molecular weight excluding hydrogens is 372 g/mol. The second-order valence-corrected chi connectivity index (χ2v) is 6.62. The van der Waals surface area contributed by atoms with E-state index in [-0.39, 0.29) is 22.9 Å². The molecule has 4 N–H and O–H groups in total. The Kier molecular flexibility index (Phi) is 4.23. The number of rotatable bonds is 3. The number of benzene rings is 2. The van der Waals surface area contributed by atoms with Crippen molar-refractivity contribution >= 4 is 29.2 Å². The van der Waals surface area contributed by atoms with Gasteiger partial charge in [-0.05, 0) is 36.8 Å². The van der Waals surface area contributed by atoms with Gasteiger partial charge in [-0.15, -0.1) is 0 Å². The third-order valence-corrected chi connectivity index (χ3v) is 4.63. The number of imide groups is 1. The van der Waals surface area contributed by atoms with Crippen LogP contribution in [0.15, 0.2) is 59.4 Å². The van der Waals surface area contributed by atoms with Gasteiger partial charge in [-0.1, -0.05) is 24.3 Å². The van der Waals surface area contributed by atoms with Gasteiger partial charge in [0.25, 0.3) is 23.3 Å².